The van der Waals surface area contributed by atoms with Crippen molar-refractivity contribution in [3.63, 3.8) is 0 Å². The van der Waals surface area contributed by atoms with Crippen LogP contribution in [-0.4, -0.2) is 29.6 Å². The summed E-state index contributed by atoms with van der Waals surface area (Å²) in [4.78, 5) is 23.2. The van der Waals surface area contributed by atoms with Crippen LogP contribution in [0.15, 0.2) is 30.3 Å². The maximum atomic E-state index is 11.9. The van der Waals surface area contributed by atoms with Crippen LogP contribution in [0, 0.1) is 5.92 Å². The van der Waals surface area contributed by atoms with Gasteiger partial charge in [0, 0.05) is 6.08 Å². The monoisotopic (exact) mass is 289 g/mol. The predicted molar refractivity (Wildman–Crippen MR) is 78.9 cm³/mol. The molecule has 1 aromatic carbocycles. The van der Waals surface area contributed by atoms with Gasteiger partial charge in [0.05, 0.1) is 7.11 Å². The summed E-state index contributed by atoms with van der Waals surface area (Å²) in [6.45, 7) is 1.56. The Labute approximate surface area is 123 Å². The lowest BCUT2D eigenvalue weighted by molar-refractivity contribution is -0.147. The van der Waals surface area contributed by atoms with E-state index in [-0.39, 0.29) is 5.92 Å². The van der Waals surface area contributed by atoms with Gasteiger partial charge in [-0.3, -0.25) is 4.79 Å². The van der Waals surface area contributed by atoms with Gasteiger partial charge in [-0.05, 0) is 49.5 Å². The molecule has 21 heavy (non-hydrogen) atoms. The number of methoxy groups -OCH3 is 1. The lowest BCUT2D eigenvalue weighted by Gasteiger charge is -2.25. The summed E-state index contributed by atoms with van der Waals surface area (Å²) in [5.41, 5.74) is -0.337. The van der Waals surface area contributed by atoms with Crippen LogP contribution in [0.3, 0.4) is 0 Å². The van der Waals surface area contributed by atoms with Crippen LogP contribution in [0.5, 0.6) is 5.75 Å². The minimum atomic E-state index is -1.18. The van der Waals surface area contributed by atoms with E-state index in [0.717, 1.165) is 24.2 Å². The molecule has 0 saturated heterocycles. The first-order valence-electron chi connectivity index (χ1n) is 6.83. The molecule has 0 bridgehead atoms. The van der Waals surface area contributed by atoms with Crippen molar-refractivity contribution in [2.75, 3.05) is 7.11 Å². The third kappa shape index (κ3) is 3.62. The lowest BCUT2D eigenvalue weighted by Crippen LogP contribution is -2.53. The Kier molecular flexibility index (Phi) is 4.31. The van der Waals surface area contributed by atoms with Gasteiger partial charge in [-0.2, -0.15) is 0 Å². The van der Waals surface area contributed by atoms with E-state index in [9.17, 15) is 14.7 Å². The van der Waals surface area contributed by atoms with Gasteiger partial charge in [-0.25, -0.2) is 4.79 Å². The third-order valence-corrected chi connectivity index (χ3v) is 3.76. The molecule has 2 rings (SSSR count). The molecule has 1 fully saturated rings. The first-order chi connectivity index (χ1) is 9.95. The summed E-state index contributed by atoms with van der Waals surface area (Å²) in [7, 11) is 1.59. The van der Waals surface area contributed by atoms with E-state index in [1.165, 1.54) is 6.08 Å². The van der Waals surface area contributed by atoms with Gasteiger partial charge < -0.3 is 15.2 Å². The highest BCUT2D eigenvalue weighted by Crippen LogP contribution is 2.39. The molecule has 1 aliphatic carbocycles. The van der Waals surface area contributed by atoms with E-state index in [2.05, 4.69) is 5.32 Å². The molecule has 0 aromatic heterocycles. The van der Waals surface area contributed by atoms with Crippen LogP contribution < -0.4 is 10.1 Å². The zero-order valence-corrected chi connectivity index (χ0v) is 12.1. The average Bonchev–Trinajstić information content (AvgIpc) is 3.30. The van der Waals surface area contributed by atoms with Crippen molar-refractivity contribution in [3.8, 4) is 5.75 Å². The Balaban J connectivity index is 1.99. The number of aliphatic carboxylic acids is 1. The number of rotatable bonds is 6. The Bertz CT molecular complexity index is 560. The number of carbonyl (C=O) groups is 2. The predicted octanol–water partition coefficient (Wildman–Crippen LogP) is 2.08. The van der Waals surface area contributed by atoms with E-state index < -0.39 is 17.4 Å². The molecule has 0 heterocycles. The number of nitrogens with one attached hydrogen (secondary N) is 1. The molecule has 1 amide bonds. The van der Waals surface area contributed by atoms with Crippen molar-refractivity contribution < 1.29 is 19.4 Å². The SMILES string of the molecule is COc1ccc(/C=C/C(=O)NC(C)(C(=O)O)C2CC2)cc1. The molecular formula is C16H19NO4. The van der Waals surface area contributed by atoms with Gasteiger partial charge >= 0.3 is 5.97 Å². The molecule has 1 saturated carbocycles. The fraction of sp³-hybridized carbons (Fsp3) is 0.375. The Morgan fingerprint density at radius 2 is 1.95 bits per heavy atom. The number of amides is 1. The maximum absolute atomic E-state index is 11.9. The summed E-state index contributed by atoms with van der Waals surface area (Å²) in [6.07, 6.45) is 4.67. The Morgan fingerprint density at radius 3 is 2.43 bits per heavy atom. The zero-order valence-electron chi connectivity index (χ0n) is 12.1. The number of carboxylic acid groups (broad SMARTS) is 1. The molecule has 5 nitrogen and oxygen atoms in total. The standard InChI is InChI=1S/C16H19NO4/c1-16(15(19)20,12-6-7-12)17-14(18)10-5-11-3-8-13(21-2)9-4-11/h3-5,8-10,12H,6-7H2,1-2H3,(H,17,18)(H,19,20)/b10-5+. The minimum absolute atomic E-state index is 0.0216. The van der Waals surface area contributed by atoms with E-state index >= 15 is 0 Å². The highest BCUT2D eigenvalue weighted by Gasteiger charge is 2.48. The van der Waals surface area contributed by atoms with Crippen LogP contribution in [0.4, 0.5) is 0 Å². The van der Waals surface area contributed by atoms with Crippen molar-refractivity contribution >= 4 is 18.0 Å². The molecule has 112 valence electrons. The molecule has 5 heteroatoms. The molecule has 0 aliphatic heterocycles. The number of hydrogen-bond donors (Lipinski definition) is 2. The fourth-order valence-corrected chi connectivity index (χ4v) is 2.18. The van der Waals surface area contributed by atoms with Crippen LogP contribution >= 0.6 is 0 Å². The van der Waals surface area contributed by atoms with Gasteiger partial charge in [0.15, 0.2) is 0 Å². The lowest BCUT2D eigenvalue weighted by atomic mass is 9.96. The van der Waals surface area contributed by atoms with Gasteiger partial charge in [0.1, 0.15) is 11.3 Å². The van der Waals surface area contributed by atoms with Crippen LogP contribution in [0.25, 0.3) is 6.08 Å². The van der Waals surface area contributed by atoms with Crippen molar-refractivity contribution in [1.82, 2.24) is 5.32 Å². The minimum Gasteiger partial charge on any atom is -0.497 e. The molecule has 1 aliphatic rings. The second-order valence-electron chi connectivity index (χ2n) is 5.38. The topological polar surface area (TPSA) is 75.6 Å². The normalized spacial score (nSPS) is 17.2. The van der Waals surface area contributed by atoms with Gasteiger partial charge in [0.2, 0.25) is 5.91 Å². The second-order valence-corrected chi connectivity index (χ2v) is 5.38. The van der Waals surface area contributed by atoms with Gasteiger partial charge in [0.25, 0.3) is 0 Å². The van der Waals surface area contributed by atoms with Crippen molar-refractivity contribution in [2.45, 2.75) is 25.3 Å². The quantitative estimate of drug-likeness (QED) is 0.786. The van der Waals surface area contributed by atoms with Crippen molar-refractivity contribution in [1.29, 1.82) is 0 Å². The summed E-state index contributed by atoms with van der Waals surface area (Å²) in [5, 5.41) is 11.9. The van der Waals surface area contributed by atoms with Crippen LogP contribution in [0.2, 0.25) is 0 Å². The summed E-state index contributed by atoms with van der Waals surface area (Å²) >= 11 is 0. The second kappa shape index (κ2) is 5.99. The molecule has 0 spiro atoms. The summed E-state index contributed by atoms with van der Waals surface area (Å²) < 4.78 is 5.05. The largest absolute Gasteiger partial charge is 0.497 e. The average molecular weight is 289 g/mol. The summed E-state index contributed by atoms with van der Waals surface area (Å²) in [5.74, 6) is -0.629. The first-order valence-corrected chi connectivity index (χ1v) is 6.83. The van der Waals surface area contributed by atoms with Crippen molar-refractivity contribution in [2.24, 2.45) is 5.92 Å². The van der Waals surface area contributed by atoms with E-state index in [1.54, 1.807) is 32.2 Å². The van der Waals surface area contributed by atoms with Crippen LogP contribution in [-0.2, 0) is 9.59 Å². The van der Waals surface area contributed by atoms with Crippen LogP contribution in [0.1, 0.15) is 25.3 Å². The maximum Gasteiger partial charge on any atom is 0.329 e. The number of ether oxygens (including phenoxy) is 1. The van der Waals surface area contributed by atoms with E-state index in [1.807, 2.05) is 12.1 Å². The van der Waals surface area contributed by atoms with Gasteiger partial charge in [-0.15, -0.1) is 0 Å². The first kappa shape index (κ1) is 15.1. The van der Waals surface area contributed by atoms with Crippen molar-refractivity contribution in [3.05, 3.63) is 35.9 Å². The molecule has 1 unspecified atom stereocenters. The highest BCUT2D eigenvalue weighted by molar-refractivity contribution is 5.96. The van der Waals surface area contributed by atoms with E-state index in [0.29, 0.717) is 0 Å². The van der Waals surface area contributed by atoms with E-state index in [4.69, 9.17) is 4.74 Å². The molecule has 1 atom stereocenters. The summed E-state index contributed by atoms with van der Waals surface area (Å²) in [6, 6.07) is 7.23. The molecule has 0 radical (unpaired) electrons. The van der Waals surface area contributed by atoms with Gasteiger partial charge in [-0.1, -0.05) is 12.1 Å². The number of hydrogen-bond acceptors (Lipinski definition) is 3. The molecule has 2 N–H and O–H groups in total. The number of carboxylic acids is 1. The smallest absolute Gasteiger partial charge is 0.329 e. The number of carbonyl (C=O) groups excluding carboxylic acids is 1. The molecular weight excluding hydrogens is 270 g/mol. The fourth-order valence-electron chi connectivity index (χ4n) is 2.18. The highest BCUT2D eigenvalue weighted by atomic mass is 16.5. The Morgan fingerprint density at radius 1 is 1.33 bits per heavy atom. The Hall–Kier alpha value is -2.30. The zero-order chi connectivity index (χ0) is 15.5. The molecule has 1 aromatic rings. The number of benzene rings is 1. The third-order valence-electron chi connectivity index (χ3n) is 3.76.